The molecule has 0 amide bonds. The van der Waals surface area contributed by atoms with Crippen LogP contribution >= 0.6 is 0 Å². The van der Waals surface area contributed by atoms with E-state index < -0.39 is 5.41 Å². The average molecular weight is 235 g/mol. The topological polar surface area (TPSA) is 61.6 Å². The van der Waals surface area contributed by atoms with Gasteiger partial charge in [0, 0.05) is 11.0 Å². The minimum Gasteiger partial charge on any atom is -0.454 e. The Bertz CT molecular complexity index is 440. The fourth-order valence-electron chi connectivity index (χ4n) is 1.90. The highest BCUT2D eigenvalue weighted by molar-refractivity contribution is 6.00. The molecule has 0 bridgehead atoms. The fraction of sp³-hybridized carbons (Fsp3) is 0.462. The first-order valence-electron chi connectivity index (χ1n) is 5.69. The van der Waals surface area contributed by atoms with Crippen molar-refractivity contribution in [1.82, 2.24) is 0 Å². The summed E-state index contributed by atoms with van der Waals surface area (Å²) in [6.07, 6.45) is 0.667. The molecule has 4 nitrogen and oxygen atoms in total. The van der Waals surface area contributed by atoms with Crippen LogP contribution in [0.5, 0.6) is 11.5 Å². The van der Waals surface area contributed by atoms with Crippen LogP contribution in [0.2, 0.25) is 0 Å². The van der Waals surface area contributed by atoms with Crippen molar-refractivity contribution < 1.29 is 14.3 Å². The van der Waals surface area contributed by atoms with Crippen molar-refractivity contribution in [1.29, 1.82) is 0 Å². The average Bonchev–Trinajstić information content (AvgIpc) is 2.74. The summed E-state index contributed by atoms with van der Waals surface area (Å²) in [5.41, 5.74) is 5.73. The SMILES string of the molecule is CC(C)(CCN)C(=O)c1ccc2c(c1)OCO2. The molecule has 0 unspecified atom stereocenters. The molecule has 0 atom stereocenters. The molecule has 1 aliphatic heterocycles. The summed E-state index contributed by atoms with van der Waals surface area (Å²) in [5, 5.41) is 0. The van der Waals surface area contributed by atoms with E-state index in [0.29, 0.717) is 30.0 Å². The second-order valence-electron chi connectivity index (χ2n) is 4.82. The maximum atomic E-state index is 12.3. The van der Waals surface area contributed by atoms with Gasteiger partial charge in [0.05, 0.1) is 0 Å². The number of ether oxygens (including phenoxy) is 2. The van der Waals surface area contributed by atoms with E-state index in [4.69, 9.17) is 15.2 Å². The molecule has 0 saturated carbocycles. The van der Waals surface area contributed by atoms with E-state index in [-0.39, 0.29) is 12.6 Å². The van der Waals surface area contributed by atoms with Gasteiger partial charge in [0.1, 0.15) is 0 Å². The second-order valence-corrected chi connectivity index (χ2v) is 4.82. The summed E-state index contributed by atoms with van der Waals surface area (Å²) in [4.78, 5) is 12.3. The fourth-order valence-corrected chi connectivity index (χ4v) is 1.90. The van der Waals surface area contributed by atoms with E-state index in [9.17, 15) is 4.79 Å². The molecule has 1 heterocycles. The van der Waals surface area contributed by atoms with Crippen LogP contribution in [-0.4, -0.2) is 19.1 Å². The smallest absolute Gasteiger partial charge is 0.231 e. The summed E-state index contributed by atoms with van der Waals surface area (Å²) >= 11 is 0. The number of ketones is 1. The molecule has 17 heavy (non-hydrogen) atoms. The summed E-state index contributed by atoms with van der Waals surface area (Å²) < 4.78 is 10.5. The van der Waals surface area contributed by atoms with Crippen LogP contribution < -0.4 is 15.2 Å². The zero-order valence-corrected chi connectivity index (χ0v) is 10.2. The Morgan fingerprint density at radius 3 is 2.76 bits per heavy atom. The minimum atomic E-state index is -0.442. The van der Waals surface area contributed by atoms with Gasteiger partial charge in [-0.1, -0.05) is 13.8 Å². The number of nitrogens with two attached hydrogens (primary N) is 1. The molecule has 1 aliphatic rings. The lowest BCUT2D eigenvalue weighted by Crippen LogP contribution is -2.27. The van der Waals surface area contributed by atoms with Gasteiger partial charge >= 0.3 is 0 Å². The van der Waals surface area contributed by atoms with Gasteiger partial charge < -0.3 is 15.2 Å². The van der Waals surface area contributed by atoms with E-state index in [1.807, 2.05) is 13.8 Å². The number of hydrogen-bond acceptors (Lipinski definition) is 4. The Labute approximate surface area is 101 Å². The lowest BCUT2D eigenvalue weighted by molar-refractivity contribution is 0.0829. The Morgan fingerprint density at radius 2 is 2.06 bits per heavy atom. The summed E-state index contributed by atoms with van der Waals surface area (Å²) in [6, 6.07) is 5.28. The molecule has 0 radical (unpaired) electrons. The first kappa shape index (κ1) is 11.9. The van der Waals surface area contributed by atoms with Crippen LogP contribution in [0.3, 0.4) is 0 Å². The standard InChI is InChI=1S/C13H17NO3/c1-13(2,5-6-14)12(15)9-3-4-10-11(7-9)17-8-16-10/h3-4,7H,5-6,8,14H2,1-2H3. The summed E-state index contributed by atoms with van der Waals surface area (Å²) in [7, 11) is 0. The van der Waals surface area contributed by atoms with Crippen molar-refractivity contribution in [3.63, 3.8) is 0 Å². The van der Waals surface area contributed by atoms with Crippen molar-refractivity contribution in [3.05, 3.63) is 23.8 Å². The normalized spacial score (nSPS) is 13.8. The van der Waals surface area contributed by atoms with Gasteiger partial charge in [-0.05, 0) is 31.2 Å². The third-order valence-corrected chi connectivity index (χ3v) is 3.02. The predicted octanol–water partition coefficient (Wildman–Crippen LogP) is 1.97. The Hall–Kier alpha value is -1.55. The van der Waals surface area contributed by atoms with Crippen LogP contribution in [0.15, 0.2) is 18.2 Å². The third kappa shape index (κ3) is 2.26. The highest BCUT2D eigenvalue weighted by atomic mass is 16.7. The van der Waals surface area contributed by atoms with E-state index in [1.54, 1.807) is 18.2 Å². The van der Waals surface area contributed by atoms with Gasteiger partial charge in [-0.3, -0.25) is 4.79 Å². The van der Waals surface area contributed by atoms with Crippen LogP contribution in [0, 0.1) is 5.41 Å². The molecule has 0 fully saturated rings. The van der Waals surface area contributed by atoms with Crippen LogP contribution in [0.4, 0.5) is 0 Å². The van der Waals surface area contributed by atoms with Crippen molar-refractivity contribution >= 4 is 5.78 Å². The van der Waals surface area contributed by atoms with Crippen molar-refractivity contribution in [2.45, 2.75) is 20.3 Å². The first-order valence-corrected chi connectivity index (χ1v) is 5.69. The molecule has 0 saturated heterocycles. The van der Waals surface area contributed by atoms with Crippen molar-refractivity contribution in [2.75, 3.05) is 13.3 Å². The third-order valence-electron chi connectivity index (χ3n) is 3.02. The van der Waals surface area contributed by atoms with Gasteiger partial charge in [0.2, 0.25) is 6.79 Å². The second kappa shape index (κ2) is 4.37. The van der Waals surface area contributed by atoms with Gasteiger partial charge in [-0.2, -0.15) is 0 Å². The number of fused-ring (bicyclic) bond motifs is 1. The number of Topliss-reactive ketones (excluding diaryl/α,β-unsaturated/α-hetero) is 1. The highest BCUT2D eigenvalue weighted by Gasteiger charge is 2.28. The quantitative estimate of drug-likeness (QED) is 0.810. The monoisotopic (exact) mass is 235 g/mol. The summed E-state index contributed by atoms with van der Waals surface area (Å²) in [6.45, 7) is 4.54. The van der Waals surface area contributed by atoms with Gasteiger partial charge in [0.15, 0.2) is 17.3 Å². The molecule has 92 valence electrons. The molecule has 0 spiro atoms. The first-order chi connectivity index (χ1) is 8.04. The number of benzene rings is 1. The van der Waals surface area contributed by atoms with Crippen LogP contribution in [0.1, 0.15) is 30.6 Å². The van der Waals surface area contributed by atoms with Gasteiger partial charge in [-0.15, -0.1) is 0 Å². The molecular formula is C13H17NO3. The number of carbonyl (C=O) groups is 1. The number of hydrogen-bond donors (Lipinski definition) is 1. The zero-order valence-electron chi connectivity index (χ0n) is 10.2. The van der Waals surface area contributed by atoms with Crippen LogP contribution in [0.25, 0.3) is 0 Å². The Kier molecular flexibility index (Phi) is 3.07. The molecule has 1 aromatic rings. The van der Waals surface area contributed by atoms with E-state index in [2.05, 4.69) is 0 Å². The Morgan fingerprint density at radius 1 is 1.35 bits per heavy atom. The highest BCUT2D eigenvalue weighted by Crippen LogP contribution is 2.35. The molecule has 4 heteroatoms. The lowest BCUT2D eigenvalue weighted by Gasteiger charge is -2.22. The number of carbonyl (C=O) groups excluding carboxylic acids is 1. The zero-order chi connectivity index (χ0) is 12.5. The molecule has 1 aromatic carbocycles. The number of rotatable bonds is 4. The maximum absolute atomic E-state index is 12.3. The van der Waals surface area contributed by atoms with E-state index in [0.717, 1.165) is 0 Å². The molecular weight excluding hydrogens is 218 g/mol. The van der Waals surface area contributed by atoms with E-state index in [1.165, 1.54) is 0 Å². The lowest BCUT2D eigenvalue weighted by atomic mass is 9.81. The summed E-state index contributed by atoms with van der Waals surface area (Å²) in [5.74, 6) is 1.42. The van der Waals surface area contributed by atoms with E-state index >= 15 is 0 Å². The van der Waals surface area contributed by atoms with Crippen molar-refractivity contribution in [3.8, 4) is 11.5 Å². The van der Waals surface area contributed by atoms with Crippen molar-refractivity contribution in [2.24, 2.45) is 11.1 Å². The molecule has 2 rings (SSSR count). The Balaban J connectivity index is 2.26. The van der Waals surface area contributed by atoms with Crippen LogP contribution in [-0.2, 0) is 0 Å². The molecule has 0 aromatic heterocycles. The maximum Gasteiger partial charge on any atom is 0.231 e. The van der Waals surface area contributed by atoms with Gasteiger partial charge in [-0.25, -0.2) is 0 Å². The predicted molar refractivity (Wildman–Crippen MR) is 64.3 cm³/mol. The largest absolute Gasteiger partial charge is 0.454 e. The molecule has 2 N–H and O–H groups in total. The molecule has 0 aliphatic carbocycles. The minimum absolute atomic E-state index is 0.0845. The van der Waals surface area contributed by atoms with Gasteiger partial charge in [0.25, 0.3) is 0 Å².